The lowest BCUT2D eigenvalue weighted by Crippen LogP contribution is -2.29. The molecule has 0 aromatic heterocycles. The molecule has 1 aliphatic heterocycles. The molecule has 0 radical (unpaired) electrons. The summed E-state index contributed by atoms with van der Waals surface area (Å²) in [5.41, 5.74) is 2.79. The minimum atomic E-state index is -3.76. The fraction of sp³-hybridized carbons (Fsp3) is 0.222. The number of allylic oxidation sites excluding steroid dienone is 2. The molecule has 0 saturated carbocycles. The lowest BCUT2D eigenvalue weighted by atomic mass is 9.77. The van der Waals surface area contributed by atoms with Crippen molar-refractivity contribution in [3.63, 3.8) is 0 Å². The van der Waals surface area contributed by atoms with Crippen molar-refractivity contribution < 1.29 is 13.3 Å². The highest BCUT2D eigenvalue weighted by Gasteiger charge is 2.38. The molecule has 7 nitrogen and oxygen atoms in total. The van der Waals surface area contributed by atoms with Crippen LogP contribution in [0.5, 0.6) is 0 Å². The van der Waals surface area contributed by atoms with Crippen LogP contribution in [0.25, 0.3) is 0 Å². The predicted molar refractivity (Wildman–Crippen MR) is 97.3 cm³/mol. The van der Waals surface area contributed by atoms with Crippen LogP contribution in [0.4, 0.5) is 11.4 Å². The summed E-state index contributed by atoms with van der Waals surface area (Å²) in [6.45, 7) is 0. The molecule has 3 atom stereocenters. The largest absolute Gasteiger partial charge is 0.378 e. The number of hydrogen-bond acceptors (Lipinski definition) is 5. The number of nitro groups is 1. The van der Waals surface area contributed by atoms with Gasteiger partial charge in [-0.3, -0.25) is 10.1 Å². The van der Waals surface area contributed by atoms with Gasteiger partial charge in [0.25, 0.3) is 5.69 Å². The van der Waals surface area contributed by atoms with Crippen LogP contribution in [0.3, 0.4) is 0 Å². The third kappa shape index (κ3) is 2.77. The number of fused-ring (bicyclic) bond motifs is 3. The number of rotatable bonds is 3. The van der Waals surface area contributed by atoms with Crippen LogP contribution >= 0.6 is 0 Å². The zero-order valence-electron chi connectivity index (χ0n) is 13.7. The molecule has 0 fully saturated rings. The van der Waals surface area contributed by atoms with Crippen molar-refractivity contribution in [3.8, 4) is 0 Å². The lowest BCUT2D eigenvalue weighted by molar-refractivity contribution is -0.384. The average Bonchev–Trinajstić information content (AvgIpc) is 3.10. The summed E-state index contributed by atoms with van der Waals surface area (Å²) >= 11 is 0. The van der Waals surface area contributed by atoms with Gasteiger partial charge in [-0.1, -0.05) is 24.3 Å². The molecule has 8 heteroatoms. The van der Waals surface area contributed by atoms with Crippen LogP contribution in [0.1, 0.15) is 29.5 Å². The number of sulfonamides is 1. The molecular formula is C18H17N3O4S. The Balaban J connectivity index is 1.74. The van der Waals surface area contributed by atoms with Gasteiger partial charge in [-0.25, -0.2) is 13.6 Å². The van der Waals surface area contributed by atoms with E-state index in [0.717, 1.165) is 23.2 Å². The van der Waals surface area contributed by atoms with Crippen molar-refractivity contribution in [3.05, 3.63) is 75.9 Å². The summed E-state index contributed by atoms with van der Waals surface area (Å²) < 4.78 is 23.3. The van der Waals surface area contributed by atoms with Gasteiger partial charge in [-0.05, 0) is 41.7 Å². The number of non-ortho nitro benzene ring substituents is 1. The number of hydrogen-bond donors (Lipinski definition) is 2. The normalized spacial score (nSPS) is 23.8. The topological polar surface area (TPSA) is 115 Å². The van der Waals surface area contributed by atoms with E-state index in [2.05, 4.69) is 17.5 Å². The molecule has 2 aliphatic rings. The van der Waals surface area contributed by atoms with E-state index in [0.29, 0.717) is 0 Å². The van der Waals surface area contributed by atoms with Crippen LogP contribution in [-0.2, 0) is 10.0 Å². The van der Waals surface area contributed by atoms with E-state index >= 15 is 0 Å². The van der Waals surface area contributed by atoms with E-state index in [-0.39, 0.29) is 28.5 Å². The Bertz CT molecular complexity index is 1020. The van der Waals surface area contributed by atoms with Gasteiger partial charge < -0.3 is 5.32 Å². The molecule has 134 valence electrons. The molecule has 2 aromatic carbocycles. The van der Waals surface area contributed by atoms with Gasteiger partial charge >= 0.3 is 0 Å². The van der Waals surface area contributed by atoms with Crippen LogP contribution in [0, 0.1) is 16.0 Å². The maximum absolute atomic E-state index is 11.7. The highest BCUT2D eigenvalue weighted by molar-refractivity contribution is 7.89. The maximum atomic E-state index is 11.7. The Hall–Kier alpha value is -2.71. The van der Waals surface area contributed by atoms with Gasteiger partial charge in [-0.15, -0.1) is 0 Å². The van der Waals surface area contributed by atoms with Gasteiger partial charge in [0.2, 0.25) is 10.0 Å². The molecular weight excluding hydrogens is 354 g/mol. The third-order valence-electron chi connectivity index (χ3n) is 5.13. The lowest BCUT2D eigenvalue weighted by Gasteiger charge is -2.37. The minimum absolute atomic E-state index is 0.0105. The summed E-state index contributed by atoms with van der Waals surface area (Å²) in [7, 11) is -3.76. The summed E-state index contributed by atoms with van der Waals surface area (Å²) in [5.74, 6) is 0.285. The van der Waals surface area contributed by atoms with Crippen LogP contribution in [0.2, 0.25) is 0 Å². The molecule has 2 aromatic rings. The van der Waals surface area contributed by atoms with Crippen molar-refractivity contribution in [2.45, 2.75) is 23.3 Å². The molecule has 26 heavy (non-hydrogen) atoms. The predicted octanol–water partition coefficient (Wildman–Crippen LogP) is 3.07. The number of anilines is 1. The summed E-state index contributed by atoms with van der Waals surface area (Å²) in [5, 5.41) is 19.6. The number of nitrogens with zero attached hydrogens (tertiary/aromatic N) is 1. The van der Waals surface area contributed by atoms with Crippen molar-refractivity contribution in [1.82, 2.24) is 0 Å². The Labute approximate surface area is 150 Å². The van der Waals surface area contributed by atoms with Gasteiger partial charge in [-0.2, -0.15) is 0 Å². The van der Waals surface area contributed by atoms with Gasteiger partial charge in [0.1, 0.15) is 0 Å². The molecule has 3 N–H and O–H groups in total. The van der Waals surface area contributed by atoms with Crippen molar-refractivity contribution in [1.29, 1.82) is 0 Å². The van der Waals surface area contributed by atoms with Gasteiger partial charge in [0.15, 0.2) is 0 Å². The first-order valence-corrected chi connectivity index (χ1v) is 9.73. The summed E-state index contributed by atoms with van der Waals surface area (Å²) in [6.07, 6.45) is 5.03. The van der Waals surface area contributed by atoms with Crippen molar-refractivity contribution in [2.24, 2.45) is 11.1 Å². The number of nitrogens with two attached hydrogens (primary N) is 1. The SMILES string of the molecule is NS(=O)(=O)c1ccc2c(c1)C1C=CCC1C(c1ccc([N+](=O)[O-])cc1)N2. The molecule has 1 aliphatic carbocycles. The Kier molecular flexibility index (Phi) is 3.82. The first kappa shape index (κ1) is 16.7. The van der Waals surface area contributed by atoms with E-state index in [1.54, 1.807) is 24.3 Å². The Morgan fingerprint density at radius 1 is 1.15 bits per heavy atom. The van der Waals surface area contributed by atoms with E-state index in [1.807, 2.05) is 0 Å². The van der Waals surface area contributed by atoms with Gasteiger partial charge in [0.05, 0.1) is 15.9 Å². The maximum Gasteiger partial charge on any atom is 0.269 e. The molecule has 1 heterocycles. The zero-order valence-corrected chi connectivity index (χ0v) is 14.5. The molecule has 4 rings (SSSR count). The van der Waals surface area contributed by atoms with E-state index in [4.69, 9.17) is 5.14 Å². The second-order valence-electron chi connectivity index (χ2n) is 6.62. The molecule has 0 saturated heterocycles. The minimum Gasteiger partial charge on any atom is -0.378 e. The second kappa shape index (κ2) is 5.93. The Morgan fingerprint density at radius 3 is 2.54 bits per heavy atom. The first-order chi connectivity index (χ1) is 12.3. The van der Waals surface area contributed by atoms with E-state index < -0.39 is 14.9 Å². The molecule has 0 bridgehead atoms. The number of nitro benzene ring substituents is 1. The third-order valence-corrected chi connectivity index (χ3v) is 6.04. The fourth-order valence-electron chi connectivity index (χ4n) is 3.88. The molecule has 0 spiro atoms. The standard InChI is InChI=1S/C18H17N3O4S/c19-26(24,25)13-8-9-17-16(10-13)14-2-1-3-15(14)18(20-17)11-4-6-12(7-5-11)21(22)23/h1-2,4-10,14-15,18,20H,3H2,(H2,19,24,25). The van der Waals surface area contributed by atoms with Gasteiger partial charge in [0, 0.05) is 23.7 Å². The fourth-order valence-corrected chi connectivity index (χ4v) is 4.43. The average molecular weight is 371 g/mol. The summed E-state index contributed by atoms with van der Waals surface area (Å²) in [6, 6.07) is 11.4. The number of primary sulfonamides is 1. The van der Waals surface area contributed by atoms with E-state index in [9.17, 15) is 18.5 Å². The smallest absolute Gasteiger partial charge is 0.269 e. The quantitative estimate of drug-likeness (QED) is 0.489. The number of nitrogens with one attached hydrogen (secondary N) is 1. The summed E-state index contributed by atoms with van der Waals surface area (Å²) in [4.78, 5) is 10.6. The second-order valence-corrected chi connectivity index (χ2v) is 8.18. The highest BCUT2D eigenvalue weighted by Crippen LogP contribution is 2.50. The number of benzene rings is 2. The molecule has 3 unspecified atom stereocenters. The van der Waals surface area contributed by atoms with Crippen molar-refractivity contribution >= 4 is 21.4 Å². The monoisotopic (exact) mass is 371 g/mol. The van der Waals surface area contributed by atoms with Crippen LogP contribution in [0.15, 0.2) is 59.5 Å². The highest BCUT2D eigenvalue weighted by atomic mass is 32.2. The zero-order chi connectivity index (χ0) is 18.5. The molecule has 0 amide bonds. The first-order valence-electron chi connectivity index (χ1n) is 8.19. The van der Waals surface area contributed by atoms with Crippen molar-refractivity contribution in [2.75, 3.05) is 5.32 Å². The van der Waals surface area contributed by atoms with E-state index in [1.165, 1.54) is 18.2 Å². The van der Waals surface area contributed by atoms with Crippen LogP contribution in [-0.4, -0.2) is 13.3 Å². The van der Waals surface area contributed by atoms with Crippen LogP contribution < -0.4 is 10.5 Å². The Morgan fingerprint density at radius 2 is 1.88 bits per heavy atom.